The number of hydrogen-bond donors (Lipinski definition) is 2. The van der Waals surface area contributed by atoms with Crippen molar-refractivity contribution in [2.45, 2.75) is 31.2 Å². The quantitative estimate of drug-likeness (QED) is 0.743. The van der Waals surface area contributed by atoms with E-state index in [2.05, 4.69) is 5.32 Å². The molecule has 0 aromatic heterocycles. The molecule has 1 rings (SSSR count). The molecule has 1 fully saturated rings. The summed E-state index contributed by atoms with van der Waals surface area (Å²) < 4.78 is 46.4. The van der Waals surface area contributed by atoms with Crippen molar-refractivity contribution in [3.63, 3.8) is 0 Å². The Balaban J connectivity index is 2.33. The molecule has 0 aliphatic carbocycles. The van der Waals surface area contributed by atoms with Crippen molar-refractivity contribution in [1.29, 1.82) is 0 Å². The number of alkyl halides is 3. The molecular weight excluding hydrogens is 265 g/mol. The van der Waals surface area contributed by atoms with Crippen LogP contribution >= 0.6 is 0 Å². The van der Waals surface area contributed by atoms with E-state index in [0.717, 1.165) is 0 Å². The first-order valence-electron chi connectivity index (χ1n) is 5.99. The number of carbonyl (C=O) groups is 1. The normalized spacial score (nSPS) is 25.3. The van der Waals surface area contributed by atoms with E-state index in [0.29, 0.717) is 26.2 Å². The van der Waals surface area contributed by atoms with Gasteiger partial charge in [0.25, 0.3) is 0 Å². The molecule has 5 nitrogen and oxygen atoms in total. The minimum atomic E-state index is -4.40. The fraction of sp³-hybridized carbons (Fsp3) is 0.909. The predicted octanol–water partition coefficient (Wildman–Crippen LogP) is 0.448. The highest BCUT2D eigenvalue weighted by molar-refractivity contribution is 5.81. The van der Waals surface area contributed by atoms with Crippen LogP contribution in [0.15, 0.2) is 0 Å². The SMILES string of the molecule is COC1(CNC(C)C(=O)NCC(F)(F)F)CCOC1. The van der Waals surface area contributed by atoms with Gasteiger partial charge in [-0.3, -0.25) is 4.79 Å². The Labute approximate surface area is 109 Å². The Hall–Kier alpha value is -0.860. The van der Waals surface area contributed by atoms with Crippen LogP contribution in [-0.4, -0.2) is 57.1 Å². The number of methoxy groups -OCH3 is 1. The monoisotopic (exact) mass is 284 g/mol. The highest BCUT2D eigenvalue weighted by Gasteiger charge is 2.35. The average molecular weight is 284 g/mol. The summed E-state index contributed by atoms with van der Waals surface area (Å²) in [7, 11) is 1.55. The summed E-state index contributed by atoms with van der Waals surface area (Å²) in [5, 5.41) is 4.70. The van der Waals surface area contributed by atoms with Crippen LogP contribution in [0.5, 0.6) is 0 Å². The largest absolute Gasteiger partial charge is 0.405 e. The van der Waals surface area contributed by atoms with Crippen molar-refractivity contribution < 1.29 is 27.4 Å². The summed E-state index contributed by atoms with van der Waals surface area (Å²) in [4.78, 5) is 11.4. The average Bonchev–Trinajstić information content (AvgIpc) is 2.81. The molecule has 1 aliphatic rings. The van der Waals surface area contributed by atoms with E-state index >= 15 is 0 Å². The lowest BCUT2D eigenvalue weighted by Crippen LogP contribution is -2.51. The second kappa shape index (κ2) is 6.53. The molecule has 1 aliphatic heterocycles. The van der Waals surface area contributed by atoms with Crippen LogP contribution in [-0.2, 0) is 14.3 Å². The lowest BCUT2D eigenvalue weighted by atomic mass is 10.0. The highest BCUT2D eigenvalue weighted by Crippen LogP contribution is 2.21. The molecule has 0 bridgehead atoms. The van der Waals surface area contributed by atoms with E-state index in [1.54, 1.807) is 7.11 Å². The molecule has 2 unspecified atom stereocenters. The Morgan fingerprint density at radius 1 is 1.53 bits per heavy atom. The smallest absolute Gasteiger partial charge is 0.378 e. The first-order valence-corrected chi connectivity index (χ1v) is 5.99. The predicted molar refractivity (Wildman–Crippen MR) is 61.7 cm³/mol. The maximum absolute atomic E-state index is 12.0. The van der Waals surface area contributed by atoms with Crippen LogP contribution in [0.1, 0.15) is 13.3 Å². The molecule has 0 saturated carbocycles. The van der Waals surface area contributed by atoms with Crippen molar-refractivity contribution in [3.05, 3.63) is 0 Å². The number of hydrogen-bond acceptors (Lipinski definition) is 4. The van der Waals surface area contributed by atoms with Gasteiger partial charge in [-0.25, -0.2) is 0 Å². The lowest BCUT2D eigenvalue weighted by molar-refractivity contribution is -0.139. The molecule has 0 aromatic rings. The minimum absolute atomic E-state index is 0.351. The number of amides is 1. The van der Waals surface area contributed by atoms with E-state index in [9.17, 15) is 18.0 Å². The lowest BCUT2D eigenvalue weighted by Gasteiger charge is -2.27. The molecule has 2 N–H and O–H groups in total. The number of carbonyl (C=O) groups excluding carboxylic acids is 1. The van der Waals surface area contributed by atoms with Gasteiger partial charge in [-0.15, -0.1) is 0 Å². The van der Waals surface area contributed by atoms with Gasteiger partial charge in [0.15, 0.2) is 0 Å². The zero-order valence-electron chi connectivity index (χ0n) is 11.0. The zero-order valence-corrected chi connectivity index (χ0v) is 11.0. The van der Waals surface area contributed by atoms with Crippen molar-refractivity contribution in [1.82, 2.24) is 10.6 Å². The van der Waals surface area contributed by atoms with E-state index in [1.165, 1.54) is 6.92 Å². The Kier molecular flexibility index (Phi) is 5.57. The third-order valence-electron chi connectivity index (χ3n) is 3.09. The van der Waals surface area contributed by atoms with E-state index in [1.807, 2.05) is 5.32 Å². The standard InChI is InChI=1S/C11H19F3N2O3/c1-8(9(17)16-6-11(12,13)14)15-5-10(18-2)3-4-19-7-10/h8,15H,3-7H2,1-2H3,(H,16,17). The van der Waals surface area contributed by atoms with E-state index in [-0.39, 0.29) is 0 Å². The molecule has 8 heteroatoms. The minimum Gasteiger partial charge on any atom is -0.378 e. The van der Waals surface area contributed by atoms with Crippen LogP contribution in [0.2, 0.25) is 0 Å². The summed E-state index contributed by atoms with van der Waals surface area (Å²) in [5.74, 6) is -0.692. The molecule has 2 atom stereocenters. The van der Waals surface area contributed by atoms with Crippen molar-refractivity contribution in [2.24, 2.45) is 0 Å². The molecular formula is C11H19F3N2O3. The van der Waals surface area contributed by atoms with Crippen LogP contribution in [0.4, 0.5) is 13.2 Å². The molecule has 19 heavy (non-hydrogen) atoms. The van der Waals surface area contributed by atoms with E-state index in [4.69, 9.17) is 9.47 Å². The molecule has 112 valence electrons. The first-order chi connectivity index (χ1) is 8.78. The van der Waals surface area contributed by atoms with Crippen molar-refractivity contribution in [3.8, 4) is 0 Å². The van der Waals surface area contributed by atoms with Crippen molar-refractivity contribution in [2.75, 3.05) is 33.4 Å². The van der Waals surface area contributed by atoms with Gasteiger partial charge in [-0.2, -0.15) is 13.2 Å². The third-order valence-corrected chi connectivity index (χ3v) is 3.09. The number of ether oxygens (including phenoxy) is 2. The van der Waals surface area contributed by atoms with Gasteiger partial charge in [-0.05, 0) is 6.92 Å². The summed E-state index contributed by atoms with van der Waals surface area (Å²) in [6.07, 6.45) is -3.71. The van der Waals surface area contributed by atoms with Crippen molar-refractivity contribution >= 4 is 5.91 Å². The molecule has 0 spiro atoms. The molecule has 1 heterocycles. The third kappa shape index (κ3) is 5.33. The van der Waals surface area contributed by atoms with Gasteiger partial charge in [0.2, 0.25) is 5.91 Å². The first kappa shape index (κ1) is 16.2. The second-order valence-electron chi connectivity index (χ2n) is 4.63. The summed E-state index contributed by atoms with van der Waals surface area (Å²) in [6.45, 7) is 1.52. The fourth-order valence-electron chi connectivity index (χ4n) is 1.73. The molecule has 0 aromatic carbocycles. The Morgan fingerprint density at radius 2 is 2.21 bits per heavy atom. The summed E-state index contributed by atoms with van der Waals surface area (Å²) in [6, 6.07) is -0.727. The number of nitrogens with one attached hydrogen (secondary N) is 2. The summed E-state index contributed by atoms with van der Waals surface area (Å²) >= 11 is 0. The number of halogens is 3. The van der Waals surface area contributed by atoms with Gasteiger partial charge < -0.3 is 20.1 Å². The van der Waals surface area contributed by atoms with E-state index < -0.39 is 30.3 Å². The topological polar surface area (TPSA) is 59.6 Å². The highest BCUT2D eigenvalue weighted by atomic mass is 19.4. The van der Waals surface area contributed by atoms with Crippen LogP contribution in [0.25, 0.3) is 0 Å². The zero-order chi connectivity index (χ0) is 14.5. The Morgan fingerprint density at radius 3 is 2.68 bits per heavy atom. The number of rotatable bonds is 6. The maximum Gasteiger partial charge on any atom is 0.405 e. The van der Waals surface area contributed by atoms with Gasteiger partial charge in [0.05, 0.1) is 12.6 Å². The van der Waals surface area contributed by atoms with Crippen LogP contribution < -0.4 is 10.6 Å². The molecule has 1 saturated heterocycles. The van der Waals surface area contributed by atoms with Gasteiger partial charge in [-0.1, -0.05) is 0 Å². The second-order valence-corrected chi connectivity index (χ2v) is 4.63. The van der Waals surface area contributed by atoms with Gasteiger partial charge in [0, 0.05) is 26.7 Å². The van der Waals surface area contributed by atoms with Gasteiger partial charge in [0.1, 0.15) is 12.1 Å². The maximum atomic E-state index is 12.0. The fourth-order valence-corrected chi connectivity index (χ4v) is 1.73. The molecule has 0 radical (unpaired) electrons. The van der Waals surface area contributed by atoms with Crippen LogP contribution in [0, 0.1) is 0 Å². The Bertz CT molecular complexity index is 304. The summed E-state index contributed by atoms with van der Waals surface area (Å²) in [5.41, 5.74) is -0.501. The molecule has 1 amide bonds. The van der Waals surface area contributed by atoms with Gasteiger partial charge >= 0.3 is 6.18 Å². The van der Waals surface area contributed by atoms with Crippen LogP contribution in [0.3, 0.4) is 0 Å².